The first kappa shape index (κ1) is 12.3. The Hall–Kier alpha value is -1.82. The Bertz CT molecular complexity index is 432. The van der Waals surface area contributed by atoms with Gasteiger partial charge in [-0.3, -0.25) is 4.79 Å². The van der Waals surface area contributed by atoms with Crippen molar-refractivity contribution in [3.05, 3.63) is 29.3 Å². The molecule has 3 heteroatoms. The highest BCUT2D eigenvalue weighted by molar-refractivity contribution is 5.95. The number of carbonyl (C=O) groups is 1. The number of nitrogens with zero attached hydrogens (tertiary/aromatic N) is 2. The number of hydrogen-bond acceptors (Lipinski definition) is 3. The van der Waals surface area contributed by atoms with E-state index < -0.39 is 0 Å². The molecule has 0 amide bonds. The molecule has 0 spiro atoms. The van der Waals surface area contributed by atoms with Crippen molar-refractivity contribution in [1.29, 1.82) is 5.26 Å². The van der Waals surface area contributed by atoms with Crippen molar-refractivity contribution in [3.8, 4) is 6.07 Å². The molecule has 0 unspecified atom stereocenters. The Morgan fingerprint density at radius 3 is 2.69 bits per heavy atom. The van der Waals surface area contributed by atoms with Crippen molar-refractivity contribution in [1.82, 2.24) is 0 Å². The highest BCUT2D eigenvalue weighted by Gasteiger charge is 2.09. The summed E-state index contributed by atoms with van der Waals surface area (Å²) in [5.74, 6) is 0.0237. The van der Waals surface area contributed by atoms with E-state index in [9.17, 15) is 4.79 Å². The van der Waals surface area contributed by atoms with Crippen LogP contribution in [0.4, 0.5) is 5.69 Å². The summed E-state index contributed by atoms with van der Waals surface area (Å²) in [6, 6.07) is 7.34. The second kappa shape index (κ2) is 5.32. The van der Waals surface area contributed by atoms with Gasteiger partial charge in [0.05, 0.1) is 11.3 Å². The van der Waals surface area contributed by atoms with Gasteiger partial charge in [-0.05, 0) is 31.5 Å². The molecule has 0 bridgehead atoms. The van der Waals surface area contributed by atoms with E-state index in [2.05, 4.69) is 13.0 Å². The molecule has 0 fully saturated rings. The maximum Gasteiger partial charge on any atom is 0.159 e. The summed E-state index contributed by atoms with van der Waals surface area (Å²) < 4.78 is 0. The van der Waals surface area contributed by atoms with Crippen molar-refractivity contribution < 1.29 is 4.79 Å². The van der Waals surface area contributed by atoms with Crippen LogP contribution < -0.4 is 4.90 Å². The van der Waals surface area contributed by atoms with Crippen molar-refractivity contribution in [2.24, 2.45) is 0 Å². The lowest BCUT2D eigenvalue weighted by molar-refractivity contribution is 0.101. The zero-order chi connectivity index (χ0) is 12.1. The van der Waals surface area contributed by atoms with Gasteiger partial charge in [0.15, 0.2) is 5.78 Å². The Balaban J connectivity index is 3.17. The van der Waals surface area contributed by atoms with E-state index in [-0.39, 0.29) is 5.78 Å². The van der Waals surface area contributed by atoms with E-state index in [0.717, 1.165) is 18.7 Å². The van der Waals surface area contributed by atoms with E-state index in [0.29, 0.717) is 11.1 Å². The van der Waals surface area contributed by atoms with Crippen LogP contribution in [0.3, 0.4) is 0 Å². The number of Topliss-reactive ketones (excluding diaryl/α,β-unsaturated/α-hetero) is 1. The van der Waals surface area contributed by atoms with Crippen molar-refractivity contribution >= 4 is 11.5 Å². The Morgan fingerprint density at radius 2 is 2.19 bits per heavy atom. The number of carbonyl (C=O) groups excluding carboxylic acids is 1. The average molecular weight is 216 g/mol. The monoisotopic (exact) mass is 216 g/mol. The van der Waals surface area contributed by atoms with Crippen LogP contribution in [0, 0.1) is 11.3 Å². The van der Waals surface area contributed by atoms with Gasteiger partial charge in [0.25, 0.3) is 0 Å². The number of nitriles is 1. The number of benzene rings is 1. The second-order valence-electron chi connectivity index (χ2n) is 3.82. The van der Waals surface area contributed by atoms with Crippen LogP contribution >= 0.6 is 0 Å². The van der Waals surface area contributed by atoms with Gasteiger partial charge in [-0.2, -0.15) is 5.26 Å². The van der Waals surface area contributed by atoms with Crippen LogP contribution in [0.5, 0.6) is 0 Å². The molecule has 1 rings (SSSR count). The summed E-state index contributed by atoms with van der Waals surface area (Å²) in [5.41, 5.74) is 2.09. The van der Waals surface area contributed by atoms with Crippen molar-refractivity contribution in [2.75, 3.05) is 18.5 Å². The molecule has 0 atom stereocenters. The largest absolute Gasteiger partial charge is 0.374 e. The Morgan fingerprint density at radius 1 is 1.50 bits per heavy atom. The van der Waals surface area contributed by atoms with Gasteiger partial charge in [-0.15, -0.1) is 0 Å². The molecule has 0 aromatic heterocycles. The predicted molar refractivity (Wildman–Crippen MR) is 64.7 cm³/mol. The summed E-state index contributed by atoms with van der Waals surface area (Å²) >= 11 is 0. The smallest absolute Gasteiger partial charge is 0.159 e. The molecule has 0 saturated carbocycles. The molecule has 0 aliphatic heterocycles. The SMILES string of the molecule is CCCN(C)c1cc(C(C)=O)ccc1C#N. The third-order valence-electron chi connectivity index (χ3n) is 2.49. The quantitative estimate of drug-likeness (QED) is 0.727. The summed E-state index contributed by atoms with van der Waals surface area (Å²) in [6.07, 6.45) is 1.01. The van der Waals surface area contributed by atoms with E-state index in [1.54, 1.807) is 18.2 Å². The van der Waals surface area contributed by atoms with Gasteiger partial charge in [-0.25, -0.2) is 0 Å². The predicted octanol–water partition coefficient (Wildman–Crippen LogP) is 2.61. The molecule has 3 nitrogen and oxygen atoms in total. The molecule has 0 N–H and O–H groups in total. The molecule has 0 heterocycles. The molecule has 84 valence electrons. The lowest BCUT2D eigenvalue weighted by Crippen LogP contribution is -2.19. The standard InChI is InChI=1S/C13H16N2O/c1-4-7-15(3)13-8-11(10(2)16)5-6-12(13)9-14/h5-6,8H,4,7H2,1-3H3. The molecule has 1 aromatic rings. The van der Waals surface area contributed by atoms with Crippen LogP contribution in [-0.2, 0) is 0 Å². The highest BCUT2D eigenvalue weighted by Crippen LogP contribution is 2.21. The van der Waals surface area contributed by atoms with Crippen molar-refractivity contribution in [3.63, 3.8) is 0 Å². The van der Waals surface area contributed by atoms with E-state index in [1.165, 1.54) is 6.92 Å². The van der Waals surface area contributed by atoms with Crippen LogP contribution in [0.1, 0.15) is 36.2 Å². The van der Waals surface area contributed by atoms with E-state index in [1.807, 2.05) is 11.9 Å². The molecular weight excluding hydrogens is 200 g/mol. The van der Waals surface area contributed by atoms with Crippen LogP contribution in [0.25, 0.3) is 0 Å². The topological polar surface area (TPSA) is 44.1 Å². The Kier molecular flexibility index (Phi) is 4.07. The lowest BCUT2D eigenvalue weighted by atomic mass is 10.1. The molecule has 0 radical (unpaired) electrons. The second-order valence-corrected chi connectivity index (χ2v) is 3.82. The third kappa shape index (κ3) is 2.60. The van der Waals surface area contributed by atoms with Gasteiger partial charge in [-0.1, -0.05) is 6.92 Å². The summed E-state index contributed by atoms with van der Waals surface area (Å²) in [7, 11) is 1.93. The van der Waals surface area contributed by atoms with Crippen molar-refractivity contribution in [2.45, 2.75) is 20.3 Å². The average Bonchev–Trinajstić information content (AvgIpc) is 2.28. The van der Waals surface area contributed by atoms with Crippen LogP contribution in [-0.4, -0.2) is 19.4 Å². The summed E-state index contributed by atoms with van der Waals surface area (Å²) in [5, 5.41) is 9.00. The van der Waals surface area contributed by atoms with Gasteiger partial charge < -0.3 is 4.90 Å². The molecule has 16 heavy (non-hydrogen) atoms. The molecule has 0 aliphatic carbocycles. The maximum absolute atomic E-state index is 11.3. The van der Waals surface area contributed by atoms with E-state index in [4.69, 9.17) is 5.26 Å². The first-order valence-corrected chi connectivity index (χ1v) is 5.36. The number of rotatable bonds is 4. The molecule has 1 aromatic carbocycles. The van der Waals surface area contributed by atoms with E-state index >= 15 is 0 Å². The van der Waals surface area contributed by atoms with Gasteiger partial charge in [0, 0.05) is 19.2 Å². The fourth-order valence-corrected chi connectivity index (χ4v) is 1.62. The van der Waals surface area contributed by atoms with Gasteiger partial charge in [0.2, 0.25) is 0 Å². The maximum atomic E-state index is 11.3. The summed E-state index contributed by atoms with van der Waals surface area (Å²) in [6.45, 7) is 4.48. The lowest BCUT2D eigenvalue weighted by Gasteiger charge is -2.20. The Labute approximate surface area is 96.3 Å². The first-order valence-electron chi connectivity index (χ1n) is 5.36. The fraction of sp³-hybridized carbons (Fsp3) is 0.385. The van der Waals surface area contributed by atoms with Crippen LogP contribution in [0.15, 0.2) is 18.2 Å². The van der Waals surface area contributed by atoms with Gasteiger partial charge in [0.1, 0.15) is 6.07 Å². The zero-order valence-electron chi connectivity index (χ0n) is 9.95. The minimum atomic E-state index is 0.0237. The molecule has 0 aliphatic rings. The minimum Gasteiger partial charge on any atom is -0.374 e. The molecule has 0 saturated heterocycles. The number of ketones is 1. The zero-order valence-corrected chi connectivity index (χ0v) is 9.95. The normalized spacial score (nSPS) is 9.62. The molecular formula is C13H16N2O. The number of hydrogen-bond donors (Lipinski definition) is 0. The first-order chi connectivity index (χ1) is 7.60. The summed E-state index contributed by atoms with van der Waals surface area (Å²) in [4.78, 5) is 13.3. The number of anilines is 1. The van der Waals surface area contributed by atoms with Crippen LogP contribution in [0.2, 0.25) is 0 Å². The van der Waals surface area contributed by atoms with Gasteiger partial charge >= 0.3 is 0 Å². The minimum absolute atomic E-state index is 0.0237. The fourth-order valence-electron chi connectivity index (χ4n) is 1.62. The third-order valence-corrected chi connectivity index (χ3v) is 2.49. The highest BCUT2D eigenvalue weighted by atomic mass is 16.1.